The number of benzene rings is 3. The second-order valence-corrected chi connectivity index (χ2v) is 15.5. The summed E-state index contributed by atoms with van der Waals surface area (Å²) < 4.78 is 11.8. The minimum atomic E-state index is -1.34. The SMILES string of the molecule is C=C(CN(CCCCCCC1NC(=O)NC1C)CC(=O)NCC(=O)OC(C)(C)C)[15NH][13CH2][13C](=O)OC(c1ccccc1)(c1ccc(C)cc1)c1ccccc1Cl. The Hall–Kier alpha value is -4.87. The van der Waals surface area contributed by atoms with Gasteiger partial charge in [0.1, 0.15) is 18.7 Å². The van der Waals surface area contributed by atoms with Crippen molar-refractivity contribution in [1.29, 1.82) is 0 Å². The minimum Gasteiger partial charge on any atom is -0.459 e. The Kier molecular flexibility index (Phi) is 15.7. The molecule has 1 aliphatic heterocycles. The van der Waals surface area contributed by atoms with E-state index in [9.17, 15) is 19.2 Å². The molecule has 55 heavy (non-hydrogen) atoms. The quantitative estimate of drug-likeness (QED) is 0.0342. The monoisotopic (exact) mass is 776 g/mol. The zero-order chi connectivity index (χ0) is 40.0. The Labute approximate surface area is 330 Å². The number of hydrogen-bond acceptors (Lipinski definition) is 8. The molecule has 0 saturated carbocycles. The molecule has 4 N–H and O–H groups in total. The maximum atomic E-state index is 13.9. The van der Waals surface area contributed by atoms with E-state index in [1.165, 1.54) is 0 Å². The molecule has 3 unspecified atom stereocenters. The molecule has 4 rings (SSSR count). The Morgan fingerprint density at radius 3 is 2.07 bits per heavy atom. The van der Waals surface area contributed by atoms with Crippen LogP contribution in [-0.2, 0) is 29.5 Å². The molecule has 296 valence electrons. The molecule has 1 heterocycles. The van der Waals surface area contributed by atoms with Gasteiger partial charge in [0, 0.05) is 40.0 Å². The van der Waals surface area contributed by atoms with E-state index < -0.39 is 23.1 Å². The van der Waals surface area contributed by atoms with Crippen molar-refractivity contribution in [2.24, 2.45) is 0 Å². The molecular formula is C43H56ClN5O6. The first-order chi connectivity index (χ1) is 26.2. The van der Waals surface area contributed by atoms with Crippen molar-refractivity contribution in [2.45, 2.75) is 90.0 Å². The predicted octanol–water partition coefficient (Wildman–Crippen LogP) is 6.37. The lowest BCUT2D eigenvalue weighted by molar-refractivity contribution is -0.154. The summed E-state index contributed by atoms with van der Waals surface area (Å²) >= 11 is 6.83. The topological polar surface area (TPSA) is 138 Å². The average molecular weight is 777 g/mol. The van der Waals surface area contributed by atoms with E-state index in [1.807, 2.05) is 91.5 Å². The highest BCUT2D eigenvalue weighted by atomic mass is 35.5. The number of nitrogens with one attached hydrogen (secondary N) is 4. The molecule has 1 fully saturated rings. The molecule has 3 aromatic carbocycles. The zero-order valence-corrected chi connectivity index (χ0v) is 33.5. The van der Waals surface area contributed by atoms with E-state index in [0.29, 0.717) is 22.8 Å². The van der Waals surface area contributed by atoms with Crippen molar-refractivity contribution in [3.05, 3.63) is 118 Å². The van der Waals surface area contributed by atoms with Crippen molar-refractivity contribution in [2.75, 3.05) is 32.7 Å². The van der Waals surface area contributed by atoms with Crippen LogP contribution in [0, 0.1) is 6.92 Å². The second kappa shape index (κ2) is 20.2. The maximum absolute atomic E-state index is 13.9. The molecule has 3 aromatic rings. The number of aryl methyl sites for hydroxylation is 1. The summed E-state index contributed by atoms with van der Waals surface area (Å²) in [6.45, 7) is 13.9. The van der Waals surface area contributed by atoms with Gasteiger partial charge in [-0.05, 0) is 60.1 Å². The molecular weight excluding hydrogens is 721 g/mol. The van der Waals surface area contributed by atoms with Crippen LogP contribution in [0.2, 0.25) is 5.02 Å². The lowest BCUT2D eigenvalue weighted by atomic mass is 9.80. The van der Waals surface area contributed by atoms with Gasteiger partial charge in [-0.3, -0.25) is 19.3 Å². The standard InChI is InChI=1S/C43H56ClN5O6/c1-30-21-23-34(24-22-30)43(33-16-10-9-11-17-33,35-18-13-14-19-36(35)44)55-40(52)26-45-31(2)28-49(29-38(50)46-27-39(51)54-42(4,5)6)25-15-8-7-12-20-37-32(3)47-41(53)48-37/h9-11,13-14,16-19,21-24,32,37,45H,2,7-8,12,15,20,25-29H2,1,3-6H3,(H,46,50)(H2,47,48,53)/i26+1,40+1,45+1. The fourth-order valence-corrected chi connectivity index (χ4v) is 6.90. The highest BCUT2D eigenvalue weighted by Gasteiger charge is 2.42. The van der Waals surface area contributed by atoms with E-state index in [1.54, 1.807) is 26.8 Å². The molecule has 12 heteroatoms. The third-order valence-electron chi connectivity index (χ3n) is 9.29. The first-order valence-corrected chi connectivity index (χ1v) is 19.3. The summed E-state index contributed by atoms with van der Waals surface area (Å²) in [5.41, 5.74) is 1.68. The van der Waals surface area contributed by atoms with Crippen LogP contribution in [0.1, 0.15) is 82.1 Å². The number of halogens is 1. The van der Waals surface area contributed by atoms with Crippen molar-refractivity contribution < 1.29 is 28.7 Å². The first kappa shape index (κ1) is 42.9. The summed E-state index contributed by atoms with van der Waals surface area (Å²) in [7, 11) is 0. The molecule has 1 aliphatic rings. The van der Waals surface area contributed by atoms with Crippen LogP contribution < -0.4 is 21.3 Å². The van der Waals surface area contributed by atoms with Crippen LogP contribution >= 0.6 is 11.6 Å². The van der Waals surface area contributed by atoms with Crippen LogP contribution in [0.3, 0.4) is 0 Å². The molecule has 0 aliphatic carbocycles. The number of rotatable bonds is 20. The summed E-state index contributed by atoms with van der Waals surface area (Å²) in [6, 6.07) is 24.8. The van der Waals surface area contributed by atoms with E-state index in [4.69, 9.17) is 21.1 Å². The Morgan fingerprint density at radius 1 is 0.800 bits per heavy atom. The molecule has 0 spiro atoms. The fourth-order valence-electron chi connectivity index (χ4n) is 6.63. The highest BCUT2D eigenvalue weighted by Crippen LogP contribution is 2.43. The normalized spacial score (nSPS) is 16.4. The summed E-state index contributed by atoms with van der Waals surface area (Å²) in [5, 5.41) is 12.1. The Balaban J connectivity index is 1.41. The van der Waals surface area contributed by atoms with Gasteiger partial charge in [0.2, 0.25) is 5.91 Å². The average Bonchev–Trinajstić information content (AvgIpc) is 3.46. The summed E-state index contributed by atoms with van der Waals surface area (Å²) in [4.78, 5) is 52.6. The fraction of sp³-hybridized carbons (Fsp3) is 0.442. The molecule has 1 saturated heterocycles. The van der Waals surface area contributed by atoms with Gasteiger partial charge in [-0.2, -0.15) is 0 Å². The van der Waals surface area contributed by atoms with Crippen molar-refractivity contribution in [1.82, 2.24) is 26.2 Å². The number of unbranched alkanes of at least 4 members (excludes halogenated alkanes) is 3. The third-order valence-corrected chi connectivity index (χ3v) is 9.62. The Bertz CT molecular complexity index is 1760. The lowest BCUT2D eigenvalue weighted by Crippen LogP contribution is -2.43. The van der Waals surface area contributed by atoms with E-state index in [2.05, 4.69) is 27.8 Å². The van der Waals surface area contributed by atoms with Gasteiger partial charge >= 0.3 is 18.0 Å². The highest BCUT2D eigenvalue weighted by molar-refractivity contribution is 6.31. The molecule has 3 amide bonds. The van der Waals surface area contributed by atoms with Crippen LogP contribution in [0.4, 0.5) is 4.79 Å². The van der Waals surface area contributed by atoms with E-state index in [0.717, 1.165) is 48.8 Å². The maximum Gasteiger partial charge on any atom is 0.326 e. The number of carbonyl (C=O) groups is 4. The predicted molar refractivity (Wildman–Crippen MR) is 215 cm³/mol. The van der Waals surface area contributed by atoms with Crippen molar-refractivity contribution >= 4 is 35.5 Å². The number of urea groups is 1. The smallest absolute Gasteiger partial charge is 0.326 e. The van der Waals surface area contributed by atoms with Crippen LogP contribution in [0.5, 0.6) is 0 Å². The van der Waals surface area contributed by atoms with Crippen molar-refractivity contribution in [3.8, 4) is 0 Å². The van der Waals surface area contributed by atoms with Crippen LogP contribution in [0.25, 0.3) is 0 Å². The number of carbonyl (C=O) groups excluding carboxylic acids is 4. The number of hydrogen-bond donors (Lipinski definition) is 4. The van der Waals surface area contributed by atoms with Crippen LogP contribution in [0.15, 0.2) is 91.1 Å². The Morgan fingerprint density at radius 2 is 1.42 bits per heavy atom. The lowest BCUT2D eigenvalue weighted by Gasteiger charge is -2.36. The largest absolute Gasteiger partial charge is 0.459 e. The molecule has 0 radical (unpaired) electrons. The third kappa shape index (κ3) is 13.1. The number of ether oxygens (including phenoxy) is 2. The molecule has 0 bridgehead atoms. The van der Waals surface area contributed by atoms with Gasteiger partial charge in [-0.1, -0.05) is 116 Å². The van der Waals surface area contributed by atoms with Gasteiger partial charge in [0.25, 0.3) is 0 Å². The summed E-state index contributed by atoms with van der Waals surface area (Å²) in [6.07, 6.45) is 4.56. The van der Waals surface area contributed by atoms with Gasteiger partial charge in [0.15, 0.2) is 5.60 Å². The van der Waals surface area contributed by atoms with Gasteiger partial charge in [0.05, 0.1) is 12.6 Å². The van der Waals surface area contributed by atoms with Crippen LogP contribution in [-0.4, -0.2) is 79.2 Å². The van der Waals surface area contributed by atoms with E-state index >= 15 is 0 Å². The summed E-state index contributed by atoms with van der Waals surface area (Å²) in [5.74, 6) is -1.38. The van der Waals surface area contributed by atoms with Gasteiger partial charge in [-0.25, -0.2) is 4.79 Å². The number of nitrogens with zero attached hydrogens (tertiary/aromatic N) is 1. The van der Waals surface area contributed by atoms with Gasteiger partial charge in [-0.15, -0.1) is 0 Å². The zero-order valence-electron chi connectivity index (χ0n) is 32.7. The first-order valence-electron chi connectivity index (χ1n) is 19.0. The molecule has 3 atom stereocenters. The number of esters is 2. The number of amides is 3. The van der Waals surface area contributed by atoms with E-state index in [-0.39, 0.29) is 50.2 Å². The molecule has 11 nitrogen and oxygen atoms in total. The van der Waals surface area contributed by atoms with Crippen molar-refractivity contribution in [3.63, 3.8) is 0 Å². The van der Waals surface area contributed by atoms with Gasteiger partial charge < -0.3 is 30.7 Å². The minimum absolute atomic E-state index is 0.0162. The molecule has 0 aromatic heterocycles. The second-order valence-electron chi connectivity index (χ2n) is 15.1.